The molecular formula is C38H43N3O4S2. The molecule has 4 aromatic rings. The van der Waals surface area contributed by atoms with Crippen LogP contribution in [0.4, 0.5) is 5.69 Å². The van der Waals surface area contributed by atoms with E-state index >= 15 is 0 Å². The van der Waals surface area contributed by atoms with Crippen molar-refractivity contribution < 1.29 is 18.0 Å². The molecule has 4 aromatic carbocycles. The van der Waals surface area contributed by atoms with Crippen LogP contribution in [-0.4, -0.2) is 50.0 Å². The molecule has 5 rings (SSSR count). The molecule has 2 amide bonds. The van der Waals surface area contributed by atoms with Crippen LogP contribution < -0.4 is 9.62 Å². The summed E-state index contributed by atoms with van der Waals surface area (Å²) < 4.78 is 29.7. The summed E-state index contributed by atoms with van der Waals surface area (Å²) in [6, 6.07) is 32.2. The lowest BCUT2D eigenvalue weighted by atomic mass is 9.94. The van der Waals surface area contributed by atoms with Gasteiger partial charge in [0.2, 0.25) is 11.8 Å². The van der Waals surface area contributed by atoms with Crippen molar-refractivity contribution in [2.45, 2.75) is 73.9 Å². The van der Waals surface area contributed by atoms with Crippen LogP contribution in [0.1, 0.15) is 48.8 Å². The Morgan fingerprint density at radius 1 is 0.809 bits per heavy atom. The van der Waals surface area contributed by atoms with E-state index in [1.807, 2.05) is 86.0 Å². The van der Waals surface area contributed by atoms with E-state index in [0.29, 0.717) is 12.1 Å². The number of sulfonamides is 1. The molecule has 1 aliphatic carbocycles. The van der Waals surface area contributed by atoms with Gasteiger partial charge in [-0.15, -0.1) is 11.8 Å². The standard InChI is InChI=1S/C38H43N3O4S2/c1-29-18-20-33(21-19-29)41(47(44,45)35-24-22-34(46-2)23-25-35)28-37(42)40(27-31-14-8-4-9-15-31)36(26-30-12-6-3-7-13-30)38(43)39-32-16-10-5-11-17-32/h3-4,6-9,12-15,18-25,32,36H,5,10-11,16-17,26-28H2,1-2H3,(H,39,43)/t36-/m1/s1. The average molecular weight is 670 g/mol. The van der Waals surface area contributed by atoms with Crippen molar-refractivity contribution >= 4 is 39.3 Å². The Balaban J connectivity index is 1.54. The van der Waals surface area contributed by atoms with Crippen LogP contribution in [0.2, 0.25) is 0 Å². The number of benzene rings is 4. The first-order chi connectivity index (χ1) is 22.7. The topological polar surface area (TPSA) is 86.8 Å². The third-order valence-corrected chi connectivity index (χ3v) is 11.2. The van der Waals surface area contributed by atoms with Gasteiger partial charge in [0.1, 0.15) is 12.6 Å². The number of hydrogen-bond donors (Lipinski definition) is 1. The van der Waals surface area contributed by atoms with E-state index in [2.05, 4.69) is 5.32 Å². The predicted octanol–water partition coefficient (Wildman–Crippen LogP) is 7.00. The molecule has 1 aliphatic rings. The van der Waals surface area contributed by atoms with E-state index in [-0.39, 0.29) is 23.4 Å². The molecule has 246 valence electrons. The Labute approximate surface area is 283 Å². The quantitative estimate of drug-likeness (QED) is 0.155. The van der Waals surface area contributed by atoms with Gasteiger partial charge in [-0.1, -0.05) is 97.6 Å². The Morgan fingerprint density at radius 3 is 2.00 bits per heavy atom. The first kappa shape index (κ1) is 34.3. The zero-order valence-electron chi connectivity index (χ0n) is 27.0. The molecule has 1 N–H and O–H groups in total. The summed E-state index contributed by atoms with van der Waals surface area (Å²) in [6.45, 7) is 1.61. The van der Waals surface area contributed by atoms with Gasteiger partial charge in [-0.25, -0.2) is 8.42 Å². The average Bonchev–Trinajstić information content (AvgIpc) is 3.10. The Bertz CT molecular complexity index is 1710. The molecular weight excluding hydrogens is 627 g/mol. The lowest BCUT2D eigenvalue weighted by molar-refractivity contribution is -0.140. The summed E-state index contributed by atoms with van der Waals surface area (Å²) in [5, 5.41) is 3.25. The van der Waals surface area contributed by atoms with Crippen LogP contribution in [0.25, 0.3) is 0 Å². The first-order valence-corrected chi connectivity index (χ1v) is 18.8. The predicted molar refractivity (Wildman–Crippen MR) is 190 cm³/mol. The Morgan fingerprint density at radius 2 is 1.40 bits per heavy atom. The molecule has 0 aromatic heterocycles. The van der Waals surface area contributed by atoms with Gasteiger partial charge in [-0.2, -0.15) is 0 Å². The van der Waals surface area contributed by atoms with Crippen LogP contribution in [-0.2, 0) is 32.6 Å². The second-order valence-electron chi connectivity index (χ2n) is 12.1. The Hall–Kier alpha value is -4.08. The molecule has 9 heteroatoms. The highest BCUT2D eigenvalue weighted by molar-refractivity contribution is 7.98. The largest absolute Gasteiger partial charge is 0.352 e. The number of thioether (sulfide) groups is 1. The summed E-state index contributed by atoms with van der Waals surface area (Å²) in [7, 11) is -4.14. The summed E-state index contributed by atoms with van der Waals surface area (Å²) in [6.07, 6.45) is 7.31. The SMILES string of the molecule is CSc1ccc(S(=O)(=O)N(CC(=O)N(Cc2ccccc2)[C@H](Cc2ccccc2)C(=O)NC2CCCCC2)c2ccc(C)cc2)cc1. The van der Waals surface area contributed by atoms with Gasteiger partial charge in [0, 0.05) is 23.9 Å². The molecule has 0 bridgehead atoms. The van der Waals surface area contributed by atoms with Crippen molar-refractivity contribution in [3.05, 3.63) is 126 Å². The second-order valence-corrected chi connectivity index (χ2v) is 14.8. The van der Waals surface area contributed by atoms with Gasteiger partial charge in [0.05, 0.1) is 10.6 Å². The highest BCUT2D eigenvalue weighted by atomic mass is 32.2. The third kappa shape index (κ3) is 9.05. The van der Waals surface area contributed by atoms with Gasteiger partial charge < -0.3 is 10.2 Å². The fourth-order valence-corrected chi connectivity index (χ4v) is 7.82. The number of nitrogens with zero attached hydrogens (tertiary/aromatic N) is 2. The maximum absolute atomic E-state index is 14.6. The normalized spacial score (nSPS) is 14.3. The van der Waals surface area contributed by atoms with Crippen molar-refractivity contribution in [2.24, 2.45) is 0 Å². The lowest BCUT2D eigenvalue weighted by Gasteiger charge is -2.35. The van der Waals surface area contributed by atoms with E-state index in [9.17, 15) is 18.0 Å². The zero-order chi connectivity index (χ0) is 33.2. The highest BCUT2D eigenvalue weighted by Gasteiger charge is 2.35. The molecule has 1 saturated carbocycles. The van der Waals surface area contributed by atoms with Crippen molar-refractivity contribution in [1.82, 2.24) is 10.2 Å². The summed E-state index contributed by atoms with van der Waals surface area (Å²) >= 11 is 1.52. The minimum Gasteiger partial charge on any atom is -0.352 e. The molecule has 0 aliphatic heterocycles. The molecule has 0 spiro atoms. The number of carbonyl (C=O) groups excluding carboxylic acids is 2. The van der Waals surface area contributed by atoms with Crippen molar-refractivity contribution in [2.75, 3.05) is 17.1 Å². The van der Waals surface area contributed by atoms with Gasteiger partial charge in [0.25, 0.3) is 10.0 Å². The molecule has 0 saturated heterocycles. The molecule has 0 heterocycles. The fourth-order valence-electron chi connectivity index (χ4n) is 5.99. The number of amides is 2. The first-order valence-electron chi connectivity index (χ1n) is 16.2. The third-order valence-electron chi connectivity index (χ3n) is 8.67. The zero-order valence-corrected chi connectivity index (χ0v) is 28.7. The maximum atomic E-state index is 14.6. The van der Waals surface area contributed by atoms with Crippen molar-refractivity contribution in [3.8, 4) is 0 Å². The molecule has 1 atom stereocenters. The number of aryl methyl sites for hydroxylation is 1. The van der Waals surface area contributed by atoms with Crippen molar-refractivity contribution in [1.29, 1.82) is 0 Å². The van der Waals surface area contributed by atoms with E-state index in [1.165, 1.54) is 16.1 Å². The fraction of sp³-hybridized carbons (Fsp3) is 0.316. The van der Waals surface area contributed by atoms with E-state index in [1.54, 1.807) is 41.3 Å². The van der Waals surface area contributed by atoms with Gasteiger partial charge >= 0.3 is 0 Å². The minimum absolute atomic E-state index is 0.0527. The second kappa shape index (κ2) is 16.2. The lowest BCUT2D eigenvalue weighted by Crippen LogP contribution is -2.55. The molecule has 0 unspecified atom stereocenters. The van der Waals surface area contributed by atoms with E-state index < -0.39 is 28.5 Å². The Kier molecular flexibility index (Phi) is 11.8. The van der Waals surface area contributed by atoms with Crippen LogP contribution in [0.15, 0.2) is 119 Å². The van der Waals surface area contributed by atoms with E-state index in [4.69, 9.17) is 0 Å². The highest BCUT2D eigenvalue weighted by Crippen LogP contribution is 2.27. The van der Waals surface area contributed by atoms with Crippen LogP contribution in [0.5, 0.6) is 0 Å². The summed E-state index contributed by atoms with van der Waals surface area (Å²) in [5.41, 5.74) is 3.11. The summed E-state index contributed by atoms with van der Waals surface area (Å²) in [5.74, 6) is -0.680. The van der Waals surface area contributed by atoms with Gasteiger partial charge in [-0.3, -0.25) is 13.9 Å². The van der Waals surface area contributed by atoms with Gasteiger partial charge in [-0.05, 0) is 73.5 Å². The molecule has 1 fully saturated rings. The van der Waals surface area contributed by atoms with Crippen LogP contribution >= 0.6 is 11.8 Å². The number of rotatable bonds is 13. The smallest absolute Gasteiger partial charge is 0.264 e. The number of carbonyl (C=O) groups is 2. The monoisotopic (exact) mass is 669 g/mol. The molecule has 0 radical (unpaired) electrons. The van der Waals surface area contributed by atoms with E-state index in [0.717, 1.165) is 53.7 Å². The van der Waals surface area contributed by atoms with Crippen LogP contribution in [0.3, 0.4) is 0 Å². The molecule has 7 nitrogen and oxygen atoms in total. The van der Waals surface area contributed by atoms with Crippen molar-refractivity contribution in [3.63, 3.8) is 0 Å². The van der Waals surface area contributed by atoms with Crippen LogP contribution in [0, 0.1) is 6.92 Å². The maximum Gasteiger partial charge on any atom is 0.264 e. The number of hydrogen-bond acceptors (Lipinski definition) is 5. The minimum atomic E-state index is -4.14. The number of nitrogens with one attached hydrogen (secondary N) is 1. The summed E-state index contributed by atoms with van der Waals surface area (Å²) in [4.78, 5) is 31.4. The molecule has 47 heavy (non-hydrogen) atoms. The van der Waals surface area contributed by atoms with Gasteiger partial charge in [0.15, 0.2) is 0 Å². The number of anilines is 1.